The van der Waals surface area contributed by atoms with Crippen molar-refractivity contribution in [1.82, 2.24) is 0 Å². The Morgan fingerprint density at radius 1 is 1.33 bits per heavy atom. The summed E-state index contributed by atoms with van der Waals surface area (Å²) in [5, 5.41) is 0. The van der Waals surface area contributed by atoms with E-state index in [0.717, 1.165) is 19.3 Å². The molecule has 3 nitrogen and oxygen atoms in total. The molecule has 0 fully saturated rings. The maximum Gasteiger partial charge on any atom is 0.325 e. The molecule has 18 heavy (non-hydrogen) atoms. The number of carbonyl (C=O) groups excluding carboxylic acids is 1. The van der Waals surface area contributed by atoms with Crippen molar-refractivity contribution in [2.24, 2.45) is 5.73 Å². The molecular weight excluding hydrogens is 226 g/mol. The van der Waals surface area contributed by atoms with Gasteiger partial charge in [-0.2, -0.15) is 0 Å². The Morgan fingerprint density at radius 3 is 2.61 bits per heavy atom. The molecule has 0 saturated carbocycles. The van der Waals surface area contributed by atoms with E-state index in [-0.39, 0.29) is 5.97 Å². The second kappa shape index (κ2) is 7.17. The Kier molecular flexibility index (Phi) is 5.86. The molecule has 0 aliphatic heterocycles. The number of rotatable bonds is 7. The van der Waals surface area contributed by atoms with Crippen molar-refractivity contribution >= 4 is 5.97 Å². The molecule has 0 bridgehead atoms. The molecule has 1 aromatic rings. The van der Waals surface area contributed by atoms with E-state index in [1.165, 1.54) is 5.56 Å². The Hall–Kier alpha value is -1.35. The van der Waals surface area contributed by atoms with Gasteiger partial charge in [-0.3, -0.25) is 4.79 Å². The highest BCUT2D eigenvalue weighted by Crippen LogP contribution is 2.11. The van der Waals surface area contributed by atoms with Crippen molar-refractivity contribution in [1.29, 1.82) is 0 Å². The van der Waals surface area contributed by atoms with Gasteiger partial charge in [-0.15, -0.1) is 0 Å². The highest BCUT2D eigenvalue weighted by atomic mass is 16.5. The van der Waals surface area contributed by atoms with Crippen LogP contribution in [0.5, 0.6) is 0 Å². The highest BCUT2D eigenvalue weighted by molar-refractivity contribution is 5.79. The molecular formula is C15H23NO2. The van der Waals surface area contributed by atoms with Crippen molar-refractivity contribution < 1.29 is 9.53 Å². The zero-order chi connectivity index (χ0) is 13.4. The van der Waals surface area contributed by atoms with Crippen molar-refractivity contribution in [3.8, 4) is 0 Å². The third-order valence-corrected chi connectivity index (χ3v) is 2.92. The van der Waals surface area contributed by atoms with E-state index < -0.39 is 5.54 Å². The van der Waals surface area contributed by atoms with Crippen LogP contribution in [-0.2, 0) is 16.0 Å². The van der Waals surface area contributed by atoms with Gasteiger partial charge in [0.2, 0.25) is 0 Å². The molecule has 1 aromatic carbocycles. The molecule has 0 spiro atoms. The minimum atomic E-state index is -0.846. The zero-order valence-corrected chi connectivity index (χ0v) is 11.3. The summed E-state index contributed by atoms with van der Waals surface area (Å²) in [6, 6.07) is 10.2. The van der Waals surface area contributed by atoms with E-state index in [0.29, 0.717) is 13.0 Å². The number of hydrogen-bond acceptors (Lipinski definition) is 3. The molecule has 1 unspecified atom stereocenters. The summed E-state index contributed by atoms with van der Waals surface area (Å²) in [4.78, 5) is 11.7. The molecule has 0 saturated heterocycles. The first-order valence-corrected chi connectivity index (χ1v) is 6.56. The van der Waals surface area contributed by atoms with Gasteiger partial charge in [-0.1, -0.05) is 43.7 Å². The largest absolute Gasteiger partial charge is 0.464 e. The minimum absolute atomic E-state index is 0.294. The van der Waals surface area contributed by atoms with E-state index in [1.54, 1.807) is 6.92 Å². The van der Waals surface area contributed by atoms with Crippen LogP contribution in [-0.4, -0.2) is 18.1 Å². The standard InChI is InChI=1S/C15H23NO2/c1-3-11-15(2,16)14(17)18-12-7-10-13-8-5-4-6-9-13/h4-6,8-9H,3,7,10-12,16H2,1-2H3. The number of nitrogens with two attached hydrogens (primary N) is 1. The first-order chi connectivity index (χ1) is 8.56. The summed E-state index contributed by atoms with van der Waals surface area (Å²) < 4.78 is 5.22. The lowest BCUT2D eigenvalue weighted by Crippen LogP contribution is -2.46. The normalized spacial score (nSPS) is 13.9. The Balaban J connectivity index is 2.24. The molecule has 2 N–H and O–H groups in total. The Morgan fingerprint density at radius 2 is 2.00 bits per heavy atom. The fourth-order valence-electron chi connectivity index (χ4n) is 1.87. The van der Waals surface area contributed by atoms with Gasteiger partial charge in [0.15, 0.2) is 0 Å². The first kappa shape index (κ1) is 14.7. The molecule has 0 radical (unpaired) electrons. The quantitative estimate of drug-likeness (QED) is 0.597. The van der Waals surface area contributed by atoms with Crippen molar-refractivity contribution in [2.45, 2.75) is 45.1 Å². The molecule has 1 atom stereocenters. The van der Waals surface area contributed by atoms with E-state index in [1.807, 2.05) is 25.1 Å². The predicted octanol–water partition coefficient (Wildman–Crippen LogP) is 2.68. The number of benzene rings is 1. The van der Waals surface area contributed by atoms with Crippen molar-refractivity contribution in [2.75, 3.05) is 6.61 Å². The zero-order valence-electron chi connectivity index (χ0n) is 11.3. The van der Waals surface area contributed by atoms with E-state index in [9.17, 15) is 4.79 Å². The van der Waals surface area contributed by atoms with E-state index in [4.69, 9.17) is 10.5 Å². The molecule has 1 rings (SSSR count). The summed E-state index contributed by atoms with van der Waals surface area (Å²) in [6.45, 7) is 4.17. The van der Waals surface area contributed by atoms with Gasteiger partial charge in [0, 0.05) is 0 Å². The van der Waals surface area contributed by atoms with Gasteiger partial charge in [0.05, 0.1) is 6.61 Å². The van der Waals surface area contributed by atoms with Gasteiger partial charge in [0.25, 0.3) is 0 Å². The monoisotopic (exact) mass is 249 g/mol. The summed E-state index contributed by atoms with van der Waals surface area (Å²) in [5.41, 5.74) is 6.31. The molecule has 3 heteroatoms. The van der Waals surface area contributed by atoms with Crippen LogP contribution in [0, 0.1) is 0 Å². The second-order valence-electron chi connectivity index (χ2n) is 4.89. The minimum Gasteiger partial charge on any atom is -0.464 e. The van der Waals surface area contributed by atoms with Crippen LogP contribution in [0.2, 0.25) is 0 Å². The van der Waals surface area contributed by atoms with Crippen LogP contribution >= 0.6 is 0 Å². The van der Waals surface area contributed by atoms with Gasteiger partial charge >= 0.3 is 5.97 Å². The molecule has 0 amide bonds. The summed E-state index contributed by atoms with van der Waals surface area (Å²) in [6.07, 6.45) is 3.29. The first-order valence-electron chi connectivity index (χ1n) is 6.56. The fourth-order valence-corrected chi connectivity index (χ4v) is 1.87. The van der Waals surface area contributed by atoms with E-state index >= 15 is 0 Å². The smallest absolute Gasteiger partial charge is 0.325 e. The summed E-state index contributed by atoms with van der Waals surface area (Å²) >= 11 is 0. The van der Waals surface area contributed by atoms with Gasteiger partial charge < -0.3 is 10.5 Å². The average molecular weight is 249 g/mol. The Bertz CT molecular complexity index is 360. The van der Waals surface area contributed by atoms with Crippen molar-refractivity contribution in [3.05, 3.63) is 35.9 Å². The SMILES string of the molecule is CCCC(C)(N)C(=O)OCCCc1ccccc1. The fraction of sp³-hybridized carbons (Fsp3) is 0.533. The number of esters is 1. The van der Waals surface area contributed by atoms with Crippen LogP contribution in [0.15, 0.2) is 30.3 Å². The van der Waals surface area contributed by atoms with Gasteiger partial charge in [-0.25, -0.2) is 0 Å². The molecule has 100 valence electrons. The number of aryl methyl sites for hydroxylation is 1. The second-order valence-corrected chi connectivity index (χ2v) is 4.89. The van der Waals surface area contributed by atoms with Gasteiger partial charge in [0.1, 0.15) is 5.54 Å². The van der Waals surface area contributed by atoms with Gasteiger partial charge in [-0.05, 0) is 31.7 Å². The third kappa shape index (κ3) is 4.88. The van der Waals surface area contributed by atoms with Crippen LogP contribution < -0.4 is 5.73 Å². The molecule has 0 aliphatic rings. The molecule has 0 heterocycles. The summed E-state index contributed by atoms with van der Waals surface area (Å²) in [7, 11) is 0. The van der Waals surface area contributed by atoms with E-state index in [2.05, 4.69) is 12.1 Å². The number of ether oxygens (including phenoxy) is 1. The van der Waals surface area contributed by atoms with Crippen LogP contribution in [0.3, 0.4) is 0 Å². The third-order valence-electron chi connectivity index (χ3n) is 2.92. The maximum atomic E-state index is 11.7. The average Bonchev–Trinajstić information content (AvgIpc) is 2.35. The van der Waals surface area contributed by atoms with Crippen molar-refractivity contribution in [3.63, 3.8) is 0 Å². The van der Waals surface area contributed by atoms with Crippen LogP contribution in [0.25, 0.3) is 0 Å². The predicted molar refractivity (Wildman–Crippen MR) is 73.2 cm³/mol. The lowest BCUT2D eigenvalue weighted by molar-refractivity contribution is -0.149. The number of carbonyl (C=O) groups is 1. The van der Waals surface area contributed by atoms with Crippen LogP contribution in [0.1, 0.15) is 38.7 Å². The van der Waals surface area contributed by atoms with Crippen LogP contribution in [0.4, 0.5) is 0 Å². The highest BCUT2D eigenvalue weighted by Gasteiger charge is 2.28. The Labute approximate surface area is 109 Å². The maximum absolute atomic E-state index is 11.7. The number of hydrogen-bond donors (Lipinski definition) is 1. The summed E-state index contributed by atoms with van der Waals surface area (Å²) in [5.74, 6) is -0.294. The topological polar surface area (TPSA) is 52.3 Å². The lowest BCUT2D eigenvalue weighted by atomic mass is 9.98. The molecule has 0 aromatic heterocycles. The molecule has 0 aliphatic carbocycles. The lowest BCUT2D eigenvalue weighted by Gasteiger charge is -2.21.